The number of hydrogen-bond acceptors (Lipinski definition) is 5. The lowest BCUT2D eigenvalue weighted by Crippen LogP contribution is -2.36. The average Bonchev–Trinajstić information content (AvgIpc) is 2.81. The van der Waals surface area contributed by atoms with Gasteiger partial charge in [0.05, 0.1) is 26.5 Å². The topological polar surface area (TPSA) is 43.8 Å². The minimum absolute atomic E-state index is 0.0312. The van der Waals surface area contributed by atoms with E-state index in [1.807, 2.05) is 12.1 Å². The molecule has 0 atom stereocenters. The van der Waals surface area contributed by atoms with Gasteiger partial charge in [0.15, 0.2) is 0 Å². The third-order valence-corrected chi connectivity index (χ3v) is 6.00. The number of anilines is 1. The van der Waals surface area contributed by atoms with Crippen LogP contribution in [0.5, 0.6) is 17.4 Å². The summed E-state index contributed by atoms with van der Waals surface area (Å²) in [4.78, 5) is 6.49. The van der Waals surface area contributed by atoms with Crippen molar-refractivity contribution in [2.45, 2.75) is 38.3 Å². The van der Waals surface area contributed by atoms with Crippen LogP contribution in [0.15, 0.2) is 30.5 Å². The molecule has 0 unspecified atom stereocenters. The zero-order valence-electron chi connectivity index (χ0n) is 18.2. The average molecular weight is 449 g/mol. The van der Waals surface area contributed by atoms with Crippen LogP contribution in [0.25, 0.3) is 0 Å². The molecule has 173 valence electrons. The Bertz CT molecular complexity index is 912. The molecule has 2 aliphatic rings. The maximum Gasteiger partial charge on any atom is 0.389 e. The monoisotopic (exact) mass is 449 g/mol. The summed E-state index contributed by atoms with van der Waals surface area (Å²) >= 11 is 0. The fourth-order valence-corrected chi connectivity index (χ4v) is 4.18. The summed E-state index contributed by atoms with van der Waals surface area (Å²) in [6.07, 6.45) is 1.47. The summed E-state index contributed by atoms with van der Waals surface area (Å²) in [7, 11) is 1.57. The van der Waals surface area contributed by atoms with Crippen molar-refractivity contribution in [3.8, 4) is 17.4 Å². The van der Waals surface area contributed by atoms with E-state index in [-0.39, 0.29) is 6.42 Å². The Morgan fingerprint density at radius 1 is 1.19 bits per heavy atom. The molecule has 1 aromatic heterocycles. The molecule has 1 aromatic carbocycles. The van der Waals surface area contributed by atoms with Crippen LogP contribution in [0.3, 0.4) is 0 Å². The normalized spacial score (nSPS) is 16.9. The third-order valence-electron chi connectivity index (χ3n) is 6.00. The van der Waals surface area contributed by atoms with Crippen molar-refractivity contribution in [2.75, 3.05) is 38.3 Å². The summed E-state index contributed by atoms with van der Waals surface area (Å²) in [5.74, 6) is 2.40. The number of benzene rings is 1. The number of aryl methyl sites for hydroxylation is 1. The fraction of sp³-hybridized carbons (Fsp3) is 0.500. The number of fused-ring (bicyclic) bond motifs is 1. The highest BCUT2D eigenvalue weighted by Gasteiger charge is 2.28. The van der Waals surface area contributed by atoms with Crippen molar-refractivity contribution in [3.05, 3.63) is 48.0 Å². The van der Waals surface area contributed by atoms with Crippen molar-refractivity contribution in [3.63, 3.8) is 0 Å². The standard InChI is InChI=1S/C24H28F3N2O3/c1-30-20-5-4-18(6-9-24(25,26)27)21(14-20)29-10-7-17(8-11-29)16-32-23-13-19-3-2-12-31-22(19)15-28-23/h3-5,13-15,17H,2,6-12,16H2,1H3. The van der Waals surface area contributed by atoms with Gasteiger partial charge in [-0.25, -0.2) is 4.98 Å². The van der Waals surface area contributed by atoms with Gasteiger partial charge in [0.25, 0.3) is 0 Å². The molecule has 0 amide bonds. The molecule has 0 aliphatic carbocycles. The number of aromatic nitrogens is 1. The van der Waals surface area contributed by atoms with E-state index in [9.17, 15) is 13.2 Å². The first kappa shape index (κ1) is 22.6. The van der Waals surface area contributed by atoms with Gasteiger partial charge >= 0.3 is 6.18 Å². The molecule has 0 N–H and O–H groups in total. The molecular weight excluding hydrogens is 421 g/mol. The van der Waals surface area contributed by atoms with Crippen LogP contribution in [0.1, 0.15) is 36.8 Å². The van der Waals surface area contributed by atoms with E-state index in [1.54, 1.807) is 25.4 Å². The van der Waals surface area contributed by atoms with E-state index in [1.165, 1.54) is 0 Å². The summed E-state index contributed by atoms with van der Waals surface area (Å²) in [5, 5.41) is 0. The van der Waals surface area contributed by atoms with Crippen molar-refractivity contribution < 1.29 is 27.4 Å². The first-order chi connectivity index (χ1) is 15.4. The van der Waals surface area contributed by atoms with Crippen molar-refractivity contribution >= 4 is 5.69 Å². The number of hydrogen-bond donors (Lipinski definition) is 0. The van der Waals surface area contributed by atoms with E-state index in [0.717, 1.165) is 49.4 Å². The van der Waals surface area contributed by atoms with Crippen LogP contribution in [-0.2, 0) is 6.42 Å². The highest BCUT2D eigenvalue weighted by Crippen LogP contribution is 2.33. The third kappa shape index (κ3) is 5.78. The molecule has 5 nitrogen and oxygen atoms in total. The second-order valence-electron chi connectivity index (χ2n) is 8.25. The maximum absolute atomic E-state index is 12.8. The van der Waals surface area contributed by atoms with Crippen molar-refractivity contribution in [1.29, 1.82) is 0 Å². The molecule has 0 spiro atoms. The lowest BCUT2D eigenvalue weighted by molar-refractivity contribution is -0.133. The SMILES string of the molecule is COc1ccc(CCC(F)(F)F)c(N2CCC(COc3cc4c(cn3)OCC[CH]4)CC2)c1. The molecule has 3 heterocycles. The predicted molar refractivity (Wildman–Crippen MR) is 116 cm³/mol. The Morgan fingerprint density at radius 3 is 2.75 bits per heavy atom. The van der Waals surface area contributed by atoms with Gasteiger partial charge in [0.1, 0.15) is 11.5 Å². The number of pyridine rings is 1. The van der Waals surface area contributed by atoms with Gasteiger partial charge in [0, 0.05) is 42.9 Å². The molecule has 0 saturated carbocycles. The van der Waals surface area contributed by atoms with Crippen LogP contribution in [0, 0.1) is 12.3 Å². The quantitative estimate of drug-likeness (QED) is 0.580. The number of nitrogens with zero attached hydrogens (tertiary/aromatic N) is 2. The molecule has 2 aliphatic heterocycles. The molecule has 0 bridgehead atoms. The Balaban J connectivity index is 1.34. The van der Waals surface area contributed by atoms with Crippen LogP contribution >= 0.6 is 0 Å². The summed E-state index contributed by atoms with van der Waals surface area (Å²) in [6.45, 7) is 2.77. The largest absolute Gasteiger partial charge is 0.497 e. The highest BCUT2D eigenvalue weighted by atomic mass is 19.4. The predicted octanol–water partition coefficient (Wildman–Crippen LogP) is 5.22. The van der Waals surface area contributed by atoms with E-state index in [0.29, 0.717) is 36.3 Å². The van der Waals surface area contributed by atoms with Gasteiger partial charge in [-0.3, -0.25) is 0 Å². The first-order valence-corrected chi connectivity index (χ1v) is 11.0. The lowest BCUT2D eigenvalue weighted by Gasteiger charge is -2.35. The Kier molecular flexibility index (Phi) is 6.96. The summed E-state index contributed by atoms with van der Waals surface area (Å²) in [6, 6.07) is 7.23. The molecule has 32 heavy (non-hydrogen) atoms. The molecular formula is C24H28F3N2O3. The number of methoxy groups -OCH3 is 1. The molecule has 4 rings (SSSR count). The van der Waals surface area contributed by atoms with Crippen LogP contribution in [0.4, 0.5) is 18.9 Å². The van der Waals surface area contributed by atoms with Crippen molar-refractivity contribution in [1.82, 2.24) is 4.98 Å². The van der Waals surface area contributed by atoms with Gasteiger partial charge in [-0.2, -0.15) is 13.2 Å². The zero-order chi connectivity index (χ0) is 22.6. The smallest absolute Gasteiger partial charge is 0.389 e. The molecule has 8 heteroatoms. The van der Waals surface area contributed by atoms with Gasteiger partial charge in [-0.15, -0.1) is 0 Å². The number of ether oxygens (including phenoxy) is 3. The molecule has 1 fully saturated rings. The minimum Gasteiger partial charge on any atom is -0.497 e. The van der Waals surface area contributed by atoms with Crippen LogP contribution < -0.4 is 19.1 Å². The first-order valence-electron chi connectivity index (χ1n) is 11.0. The molecule has 1 radical (unpaired) electrons. The minimum atomic E-state index is -4.17. The molecule has 2 aromatic rings. The number of piperidine rings is 1. The van der Waals surface area contributed by atoms with E-state index >= 15 is 0 Å². The lowest BCUT2D eigenvalue weighted by atomic mass is 9.96. The van der Waals surface area contributed by atoms with Crippen LogP contribution in [-0.4, -0.2) is 44.6 Å². The van der Waals surface area contributed by atoms with Crippen molar-refractivity contribution in [2.24, 2.45) is 5.92 Å². The fourth-order valence-electron chi connectivity index (χ4n) is 4.18. The zero-order valence-corrected chi connectivity index (χ0v) is 18.2. The van der Waals surface area contributed by atoms with Gasteiger partial charge < -0.3 is 19.1 Å². The Hall–Kier alpha value is -2.64. The number of halogens is 3. The summed E-state index contributed by atoms with van der Waals surface area (Å²) < 4.78 is 55.1. The van der Waals surface area contributed by atoms with E-state index < -0.39 is 12.6 Å². The Labute approximate surface area is 186 Å². The number of rotatable bonds is 7. The number of alkyl halides is 3. The highest BCUT2D eigenvalue weighted by molar-refractivity contribution is 5.57. The summed E-state index contributed by atoms with van der Waals surface area (Å²) in [5.41, 5.74) is 2.55. The maximum atomic E-state index is 12.8. The Morgan fingerprint density at radius 2 is 2.00 bits per heavy atom. The van der Waals surface area contributed by atoms with Crippen LogP contribution in [0.2, 0.25) is 0 Å². The van der Waals surface area contributed by atoms with E-state index in [4.69, 9.17) is 14.2 Å². The molecule has 1 saturated heterocycles. The van der Waals surface area contributed by atoms with Gasteiger partial charge in [-0.05, 0) is 49.7 Å². The van der Waals surface area contributed by atoms with Gasteiger partial charge in [0.2, 0.25) is 5.88 Å². The van der Waals surface area contributed by atoms with E-state index in [2.05, 4.69) is 16.3 Å². The second kappa shape index (κ2) is 9.88. The second-order valence-corrected chi connectivity index (χ2v) is 8.25. The van der Waals surface area contributed by atoms with Gasteiger partial charge in [-0.1, -0.05) is 6.07 Å².